The highest BCUT2D eigenvalue weighted by atomic mass is 15.0. The van der Waals surface area contributed by atoms with Gasteiger partial charge >= 0.3 is 0 Å². The van der Waals surface area contributed by atoms with Crippen LogP contribution < -0.4 is 5.32 Å². The highest BCUT2D eigenvalue weighted by Gasteiger charge is 2.03. The summed E-state index contributed by atoms with van der Waals surface area (Å²) in [6, 6.07) is 2.42. The van der Waals surface area contributed by atoms with Crippen molar-refractivity contribution in [3.05, 3.63) is 18.1 Å². The van der Waals surface area contributed by atoms with Crippen molar-refractivity contribution in [1.29, 1.82) is 0 Å². The first-order valence-corrected chi connectivity index (χ1v) is 4.68. The van der Waals surface area contributed by atoms with Crippen LogP contribution in [0.2, 0.25) is 0 Å². The van der Waals surface area contributed by atoms with Crippen LogP contribution in [0.25, 0.3) is 0 Å². The van der Waals surface area contributed by atoms with E-state index in [1.54, 1.807) is 6.33 Å². The van der Waals surface area contributed by atoms with Crippen LogP contribution in [0.1, 0.15) is 39.3 Å². The van der Waals surface area contributed by atoms with Gasteiger partial charge in [-0.05, 0) is 19.8 Å². The van der Waals surface area contributed by atoms with Crippen molar-refractivity contribution in [3.63, 3.8) is 0 Å². The SMILES string of the molecule is CC(C)Nc1cc(C(C)C)ncn1. The van der Waals surface area contributed by atoms with Gasteiger partial charge in [0.2, 0.25) is 0 Å². The summed E-state index contributed by atoms with van der Waals surface area (Å²) < 4.78 is 0. The molecule has 1 N–H and O–H groups in total. The number of aromatic nitrogens is 2. The molecule has 3 nitrogen and oxygen atoms in total. The van der Waals surface area contributed by atoms with Crippen molar-refractivity contribution in [1.82, 2.24) is 9.97 Å². The molecule has 0 spiro atoms. The third kappa shape index (κ3) is 3.01. The lowest BCUT2D eigenvalue weighted by atomic mass is 10.1. The highest BCUT2D eigenvalue weighted by Crippen LogP contribution is 2.13. The minimum atomic E-state index is 0.412. The zero-order chi connectivity index (χ0) is 9.84. The second-order valence-electron chi connectivity index (χ2n) is 3.78. The molecule has 1 aromatic heterocycles. The van der Waals surface area contributed by atoms with Gasteiger partial charge < -0.3 is 5.32 Å². The van der Waals surface area contributed by atoms with E-state index in [2.05, 4.69) is 43.0 Å². The number of hydrogen-bond donors (Lipinski definition) is 1. The molecule has 0 saturated heterocycles. The van der Waals surface area contributed by atoms with Crippen molar-refractivity contribution >= 4 is 5.82 Å². The Labute approximate surface area is 79.6 Å². The van der Waals surface area contributed by atoms with E-state index in [0.717, 1.165) is 11.5 Å². The maximum atomic E-state index is 4.20. The maximum Gasteiger partial charge on any atom is 0.129 e. The fraction of sp³-hybridized carbons (Fsp3) is 0.600. The van der Waals surface area contributed by atoms with E-state index in [4.69, 9.17) is 0 Å². The molecule has 13 heavy (non-hydrogen) atoms. The van der Waals surface area contributed by atoms with Crippen LogP contribution in [0.3, 0.4) is 0 Å². The Kier molecular flexibility index (Phi) is 3.23. The van der Waals surface area contributed by atoms with E-state index in [1.807, 2.05) is 6.07 Å². The van der Waals surface area contributed by atoms with Crippen LogP contribution in [0, 0.1) is 0 Å². The van der Waals surface area contributed by atoms with Gasteiger partial charge in [0.15, 0.2) is 0 Å². The fourth-order valence-corrected chi connectivity index (χ4v) is 1.06. The topological polar surface area (TPSA) is 37.8 Å². The van der Waals surface area contributed by atoms with Crippen LogP contribution in [-0.2, 0) is 0 Å². The van der Waals surface area contributed by atoms with Crippen LogP contribution >= 0.6 is 0 Å². The molecule has 0 amide bonds. The Morgan fingerprint density at radius 1 is 1.15 bits per heavy atom. The standard InChI is InChI=1S/C10H17N3/c1-7(2)9-5-10(12-6-11-9)13-8(3)4/h5-8H,1-4H3,(H,11,12,13). The Morgan fingerprint density at radius 3 is 2.38 bits per heavy atom. The van der Waals surface area contributed by atoms with E-state index in [9.17, 15) is 0 Å². The van der Waals surface area contributed by atoms with Crippen LogP contribution in [0.15, 0.2) is 12.4 Å². The minimum absolute atomic E-state index is 0.412. The highest BCUT2D eigenvalue weighted by molar-refractivity contribution is 5.36. The van der Waals surface area contributed by atoms with Gasteiger partial charge in [0.1, 0.15) is 12.1 Å². The molecule has 0 atom stereocenters. The predicted molar refractivity (Wildman–Crippen MR) is 54.9 cm³/mol. The van der Waals surface area contributed by atoms with E-state index in [0.29, 0.717) is 12.0 Å². The molecular weight excluding hydrogens is 162 g/mol. The zero-order valence-corrected chi connectivity index (χ0v) is 8.70. The smallest absolute Gasteiger partial charge is 0.129 e. The molecule has 1 heterocycles. The molecule has 0 unspecified atom stereocenters. The van der Waals surface area contributed by atoms with E-state index in [1.165, 1.54) is 0 Å². The average Bonchev–Trinajstić information content (AvgIpc) is 2.03. The lowest BCUT2D eigenvalue weighted by molar-refractivity contribution is 0.808. The summed E-state index contributed by atoms with van der Waals surface area (Å²) in [4.78, 5) is 8.33. The van der Waals surface area contributed by atoms with Crippen LogP contribution in [0.5, 0.6) is 0 Å². The molecule has 1 rings (SSSR count). The van der Waals surface area contributed by atoms with Crippen molar-refractivity contribution < 1.29 is 0 Å². The first-order valence-electron chi connectivity index (χ1n) is 4.68. The first kappa shape index (κ1) is 9.96. The third-order valence-electron chi connectivity index (χ3n) is 1.72. The van der Waals surface area contributed by atoms with Gasteiger partial charge in [-0.3, -0.25) is 0 Å². The van der Waals surface area contributed by atoms with Crippen molar-refractivity contribution in [2.75, 3.05) is 5.32 Å². The van der Waals surface area contributed by atoms with Gasteiger partial charge in [0, 0.05) is 17.8 Å². The molecule has 0 radical (unpaired) electrons. The molecular formula is C10H17N3. The van der Waals surface area contributed by atoms with E-state index in [-0.39, 0.29) is 0 Å². The third-order valence-corrected chi connectivity index (χ3v) is 1.72. The van der Waals surface area contributed by atoms with Crippen molar-refractivity contribution in [2.24, 2.45) is 0 Å². The molecule has 0 saturated carbocycles. The molecule has 0 aliphatic heterocycles. The molecule has 0 bridgehead atoms. The Hall–Kier alpha value is -1.12. The summed E-state index contributed by atoms with van der Waals surface area (Å²) in [5, 5.41) is 3.25. The summed E-state index contributed by atoms with van der Waals surface area (Å²) in [5.41, 5.74) is 1.08. The molecule has 1 aromatic rings. The van der Waals surface area contributed by atoms with Crippen LogP contribution in [-0.4, -0.2) is 16.0 Å². The molecule has 3 heteroatoms. The second-order valence-corrected chi connectivity index (χ2v) is 3.78. The Bertz CT molecular complexity index is 269. The number of rotatable bonds is 3. The largest absolute Gasteiger partial charge is 0.368 e. The fourth-order valence-electron chi connectivity index (χ4n) is 1.06. The monoisotopic (exact) mass is 179 g/mol. The zero-order valence-electron chi connectivity index (χ0n) is 8.70. The number of hydrogen-bond acceptors (Lipinski definition) is 3. The number of nitrogens with one attached hydrogen (secondary N) is 1. The van der Waals surface area contributed by atoms with Gasteiger partial charge in [-0.15, -0.1) is 0 Å². The average molecular weight is 179 g/mol. The van der Waals surface area contributed by atoms with Gasteiger partial charge in [-0.1, -0.05) is 13.8 Å². The number of anilines is 1. The first-order chi connectivity index (χ1) is 6.09. The van der Waals surface area contributed by atoms with Gasteiger partial charge in [0.05, 0.1) is 0 Å². The molecule has 0 aliphatic carbocycles. The summed E-state index contributed by atoms with van der Waals surface area (Å²) in [7, 11) is 0. The lowest BCUT2D eigenvalue weighted by Gasteiger charge is -2.10. The van der Waals surface area contributed by atoms with Crippen LogP contribution in [0.4, 0.5) is 5.82 Å². The summed E-state index contributed by atoms with van der Waals surface area (Å²) in [6.07, 6.45) is 1.61. The second kappa shape index (κ2) is 4.21. The van der Waals surface area contributed by atoms with Crippen molar-refractivity contribution in [2.45, 2.75) is 39.7 Å². The molecule has 0 aliphatic rings. The number of nitrogens with zero attached hydrogens (tertiary/aromatic N) is 2. The Balaban J connectivity index is 2.79. The molecule has 72 valence electrons. The molecule has 0 aromatic carbocycles. The van der Waals surface area contributed by atoms with Crippen molar-refractivity contribution in [3.8, 4) is 0 Å². The lowest BCUT2D eigenvalue weighted by Crippen LogP contribution is -2.11. The Morgan fingerprint density at radius 2 is 1.85 bits per heavy atom. The normalized spacial score (nSPS) is 10.9. The summed E-state index contributed by atoms with van der Waals surface area (Å²) in [6.45, 7) is 8.44. The van der Waals surface area contributed by atoms with Gasteiger partial charge in [-0.2, -0.15) is 0 Å². The minimum Gasteiger partial charge on any atom is -0.368 e. The summed E-state index contributed by atoms with van der Waals surface area (Å²) >= 11 is 0. The summed E-state index contributed by atoms with van der Waals surface area (Å²) in [5.74, 6) is 1.37. The van der Waals surface area contributed by atoms with Gasteiger partial charge in [0.25, 0.3) is 0 Å². The quantitative estimate of drug-likeness (QED) is 0.774. The van der Waals surface area contributed by atoms with E-state index < -0.39 is 0 Å². The molecule has 0 fully saturated rings. The predicted octanol–water partition coefficient (Wildman–Crippen LogP) is 2.42. The van der Waals surface area contributed by atoms with E-state index >= 15 is 0 Å². The van der Waals surface area contributed by atoms with Gasteiger partial charge in [-0.25, -0.2) is 9.97 Å². The maximum absolute atomic E-state index is 4.20.